The Bertz CT molecular complexity index is 319. The smallest absolute Gasteiger partial charge is 0.328 e. The minimum atomic E-state index is -0.964. The molecule has 3 heteroatoms. The zero-order valence-electron chi connectivity index (χ0n) is 7.76. The Hall–Kier alpha value is -1.61. The van der Waals surface area contributed by atoms with E-state index in [0.29, 0.717) is 6.42 Å². The molecular formula is C11H13NO2. The van der Waals surface area contributed by atoms with Crippen LogP contribution in [0.2, 0.25) is 0 Å². The molecule has 0 saturated carbocycles. The van der Waals surface area contributed by atoms with Gasteiger partial charge in [-0.15, -0.1) is 0 Å². The van der Waals surface area contributed by atoms with Crippen molar-refractivity contribution in [3.8, 4) is 0 Å². The number of hydrogen-bond acceptors (Lipinski definition) is 2. The Morgan fingerprint density at radius 1 is 1.43 bits per heavy atom. The predicted molar refractivity (Wildman–Crippen MR) is 54.9 cm³/mol. The molecule has 1 atom stereocenters. The summed E-state index contributed by atoms with van der Waals surface area (Å²) in [4.78, 5) is 10.2. The summed E-state index contributed by atoms with van der Waals surface area (Å²) >= 11 is 0. The molecule has 3 nitrogen and oxygen atoms in total. The third kappa shape index (κ3) is 3.87. The molecule has 3 N–H and O–H groups in total. The molecule has 74 valence electrons. The van der Waals surface area contributed by atoms with E-state index in [1.165, 1.54) is 6.08 Å². The molecule has 14 heavy (non-hydrogen) atoms. The van der Waals surface area contributed by atoms with E-state index in [1.807, 2.05) is 30.3 Å². The van der Waals surface area contributed by atoms with E-state index in [4.69, 9.17) is 10.8 Å². The van der Waals surface area contributed by atoms with Crippen LogP contribution in [-0.2, 0) is 11.2 Å². The molecule has 0 fully saturated rings. The lowest BCUT2D eigenvalue weighted by Crippen LogP contribution is -2.20. The van der Waals surface area contributed by atoms with Crippen molar-refractivity contribution in [2.45, 2.75) is 12.5 Å². The Balaban J connectivity index is 2.49. The van der Waals surface area contributed by atoms with Gasteiger partial charge in [0.2, 0.25) is 0 Å². The summed E-state index contributed by atoms with van der Waals surface area (Å²) in [5.74, 6) is -0.964. The van der Waals surface area contributed by atoms with Gasteiger partial charge in [-0.1, -0.05) is 36.4 Å². The molecule has 0 radical (unpaired) electrons. The lowest BCUT2D eigenvalue weighted by atomic mass is 10.1. The van der Waals surface area contributed by atoms with Gasteiger partial charge in [0.15, 0.2) is 0 Å². The molecule has 0 aliphatic carbocycles. The molecule has 0 amide bonds. The quantitative estimate of drug-likeness (QED) is 0.703. The van der Waals surface area contributed by atoms with Crippen LogP contribution in [0.15, 0.2) is 42.5 Å². The summed E-state index contributed by atoms with van der Waals surface area (Å²) in [7, 11) is 0. The number of benzene rings is 1. The number of hydrogen-bond donors (Lipinski definition) is 2. The predicted octanol–water partition coefficient (Wildman–Crippen LogP) is 1.20. The molecule has 1 rings (SSSR count). The molecule has 1 aromatic carbocycles. The van der Waals surface area contributed by atoms with Gasteiger partial charge < -0.3 is 10.8 Å². The third-order valence-electron chi connectivity index (χ3n) is 1.80. The molecule has 0 spiro atoms. The zero-order chi connectivity index (χ0) is 10.4. The first-order chi connectivity index (χ1) is 6.68. The molecular weight excluding hydrogens is 178 g/mol. The van der Waals surface area contributed by atoms with Crippen LogP contribution in [0.4, 0.5) is 0 Å². The van der Waals surface area contributed by atoms with Gasteiger partial charge in [0, 0.05) is 12.1 Å². The summed E-state index contributed by atoms with van der Waals surface area (Å²) in [6, 6.07) is 9.49. The van der Waals surface area contributed by atoms with Crippen molar-refractivity contribution in [1.82, 2.24) is 0 Å². The highest BCUT2D eigenvalue weighted by atomic mass is 16.4. The van der Waals surface area contributed by atoms with E-state index >= 15 is 0 Å². The van der Waals surface area contributed by atoms with Crippen LogP contribution in [-0.4, -0.2) is 17.1 Å². The van der Waals surface area contributed by atoms with Crippen LogP contribution >= 0.6 is 0 Å². The van der Waals surface area contributed by atoms with E-state index in [2.05, 4.69) is 0 Å². The number of carbonyl (C=O) groups is 1. The first kappa shape index (κ1) is 10.5. The number of nitrogens with two attached hydrogens (primary N) is 1. The average molecular weight is 191 g/mol. The van der Waals surface area contributed by atoms with E-state index in [9.17, 15) is 4.79 Å². The van der Waals surface area contributed by atoms with Crippen molar-refractivity contribution in [3.05, 3.63) is 48.0 Å². The molecule has 0 aliphatic heterocycles. The molecule has 0 saturated heterocycles. The van der Waals surface area contributed by atoms with Crippen LogP contribution in [0, 0.1) is 0 Å². The number of carboxylic acids is 1. The molecule has 0 aliphatic rings. The van der Waals surface area contributed by atoms with Gasteiger partial charge in [-0.25, -0.2) is 4.79 Å². The highest BCUT2D eigenvalue weighted by Gasteiger charge is 1.99. The average Bonchev–Trinajstić information content (AvgIpc) is 2.16. The molecule has 0 bridgehead atoms. The van der Waals surface area contributed by atoms with Crippen molar-refractivity contribution < 1.29 is 9.90 Å². The lowest BCUT2D eigenvalue weighted by molar-refractivity contribution is -0.131. The number of rotatable bonds is 4. The fraction of sp³-hybridized carbons (Fsp3) is 0.182. The SMILES string of the molecule is N[C@H](/C=C/C(=O)O)Cc1ccccc1. The monoisotopic (exact) mass is 191 g/mol. The van der Waals surface area contributed by atoms with Crippen molar-refractivity contribution >= 4 is 5.97 Å². The van der Waals surface area contributed by atoms with Crippen LogP contribution in [0.25, 0.3) is 0 Å². The Morgan fingerprint density at radius 2 is 2.07 bits per heavy atom. The van der Waals surface area contributed by atoms with Gasteiger partial charge in [-0.3, -0.25) is 0 Å². The highest BCUT2D eigenvalue weighted by molar-refractivity contribution is 5.79. The number of aliphatic carboxylic acids is 1. The molecule has 0 heterocycles. The topological polar surface area (TPSA) is 63.3 Å². The van der Waals surface area contributed by atoms with Gasteiger partial charge >= 0.3 is 5.97 Å². The summed E-state index contributed by atoms with van der Waals surface area (Å²) in [5.41, 5.74) is 6.81. The van der Waals surface area contributed by atoms with E-state index in [-0.39, 0.29) is 6.04 Å². The zero-order valence-corrected chi connectivity index (χ0v) is 7.76. The maximum atomic E-state index is 10.2. The summed E-state index contributed by atoms with van der Waals surface area (Å²) < 4.78 is 0. The number of carboxylic acid groups (broad SMARTS) is 1. The summed E-state index contributed by atoms with van der Waals surface area (Å²) in [5, 5.41) is 8.39. The second-order valence-corrected chi connectivity index (χ2v) is 3.05. The van der Waals surface area contributed by atoms with Gasteiger partial charge in [-0.05, 0) is 12.0 Å². The van der Waals surface area contributed by atoms with Crippen molar-refractivity contribution in [2.75, 3.05) is 0 Å². The van der Waals surface area contributed by atoms with Crippen molar-refractivity contribution in [3.63, 3.8) is 0 Å². The van der Waals surface area contributed by atoms with E-state index in [0.717, 1.165) is 11.6 Å². The minimum absolute atomic E-state index is 0.242. The summed E-state index contributed by atoms with van der Waals surface area (Å²) in [6.45, 7) is 0. The standard InChI is InChI=1S/C11H13NO2/c12-10(6-7-11(13)14)8-9-4-2-1-3-5-9/h1-7,10H,8,12H2,(H,13,14)/b7-6+/t10-/m1/s1. The van der Waals surface area contributed by atoms with Crippen LogP contribution in [0.1, 0.15) is 5.56 Å². The van der Waals surface area contributed by atoms with Crippen LogP contribution < -0.4 is 5.73 Å². The van der Waals surface area contributed by atoms with Gasteiger partial charge in [0.1, 0.15) is 0 Å². The fourth-order valence-electron chi connectivity index (χ4n) is 1.16. The third-order valence-corrected chi connectivity index (χ3v) is 1.80. The minimum Gasteiger partial charge on any atom is -0.478 e. The van der Waals surface area contributed by atoms with Crippen molar-refractivity contribution in [1.29, 1.82) is 0 Å². The van der Waals surface area contributed by atoms with Gasteiger partial charge in [0.25, 0.3) is 0 Å². The second kappa shape index (κ2) is 5.19. The van der Waals surface area contributed by atoms with E-state index in [1.54, 1.807) is 0 Å². The van der Waals surface area contributed by atoms with Crippen molar-refractivity contribution in [2.24, 2.45) is 5.73 Å². The Morgan fingerprint density at radius 3 is 2.64 bits per heavy atom. The normalized spacial score (nSPS) is 12.9. The van der Waals surface area contributed by atoms with Crippen LogP contribution in [0.3, 0.4) is 0 Å². The highest BCUT2D eigenvalue weighted by Crippen LogP contribution is 2.02. The second-order valence-electron chi connectivity index (χ2n) is 3.05. The largest absolute Gasteiger partial charge is 0.478 e. The Labute approximate surface area is 82.9 Å². The molecule has 0 aromatic heterocycles. The van der Waals surface area contributed by atoms with E-state index < -0.39 is 5.97 Å². The lowest BCUT2D eigenvalue weighted by Gasteiger charge is -2.05. The maximum Gasteiger partial charge on any atom is 0.328 e. The summed E-state index contributed by atoms with van der Waals surface area (Å²) in [6.07, 6.45) is 3.23. The van der Waals surface area contributed by atoms with Gasteiger partial charge in [0.05, 0.1) is 0 Å². The first-order valence-corrected chi connectivity index (χ1v) is 4.39. The maximum absolute atomic E-state index is 10.2. The fourth-order valence-corrected chi connectivity index (χ4v) is 1.16. The molecule has 1 aromatic rings. The van der Waals surface area contributed by atoms with Gasteiger partial charge in [-0.2, -0.15) is 0 Å². The Kier molecular flexibility index (Phi) is 3.88. The van der Waals surface area contributed by atoms with Crippen LogP contribution in [0.5, 0.6) is 0 Å². The first-order valence-electron chi connectivity index (χ1n) is 4.39. The molecule has 0 unspecified atom stereocenters.